The highest BCUT2D eigenvalue weighted by molar-refractivity contribution is 7.89. The molecule has 3 heterocycles. The highest BCUT2D eigenvalue weighted by Gasteiger charge is 2.33. The molecule has 3 rings (SSSR count). The van der Waals surface area contributed by atoms with Crippen molar-refractivity contribution in [3.05, 3.63) is 24.5 Å². The number of rotatable bonds is 5. The summed E-state index contributed by atoms with van der Waals surface area (Å²) in [6.07, 6.45) is 6.17. The maximum atomic E-state index is 12.6. The van der Waals surface area contributed by atoms with Crippen LogP contribution in [0.4, 0.5) is 0 Å². The van der Waals surface area contributed by atoms with Gasteiger partial charge in [0, 0.05) is 37.9 Å². The Balaban J connectivity index is 0.00000196. The van der Waals surface area contributed by atoms with E-state index >= 15 is 0 Å². The lowest BCUT2D eigenvalue weighted by atomic mass is 9.81. The van der Waals surface area contributed by atoms with Gasteiger partial charge in [-0.05, 0) is 56.3 Å². The number of nitrogens with zero attached hydrogens (tertiary/aromatic N) is 2. The van der Waals surface area contributed by atoms with Gasteiger partial charge in [0.15, 0.2) is 0 Å². The molecule has 0 bridgehead atoms. The summed E-state index contributed by atoms with van der Waals surface area (Å²) >= 11 is 0. The van der Waals surface area contributed by atoms with Crippen LogP contribution < -0.4 is 10.6 Å². The number of nitrogens with one attached hydrogen (secondary N) is 2. The topological polar surface area (TPSA) is 91.4 Å². The van der Waals surface area contributed by atoms with Crippen LogP contribution >= 0.6 is 24.8 Å². The van der Waals surface area contributed by atoms with E-state index in [9.17, 15) is 13.2 Å². The van der Waals surface area contributed by atoms with E-state index in [1.54, 1.807) is 18.3 Å². The fraction of sp³-hybridized carbons (Fsp3) is 0.667. The third-order valence-electron chi connectivity index (χ3n) is 5.60. The molecule has 1 amide bonds. The van der Waals surface area contributed by atoms with E-state index < -0.39 is 10.0 Å². The Kier molecular flexibility index (Phi) is 9.62. The molecule has 0 radical (unpaired) electrons. The van der Waals surface area contributed by atoms with E-state index in [-0.39, 0.29) is 46.9 Å². The van der Waals surface area contributed by atoms with Crippen LogP contribution in [0.3, 0.4) is 0 Å². The van der Waals surface area contributed by atoms with Crippen molar-refractivity contribution in [1.82, 2.24) is 19.9 Å². The molecule has 160 valence electrons. The summed E-state index contributed by atoms with van der Waals surface area (Å²) in [6, 6.07) is 3.18. The minimum atomic E-state index is -3.52. The third-order valence-corrected chi connectivity index (χ3v) is 7.48. The minimum absolute atomic E-state index is 0. The van der Waals surface area contributed by atoms with Gasteiger partial charge in [-0.2, -0.15) is 4.31 Å². The number of aromatic nitrogens is 1. The number of halogens is 2. The Hall–Kier alpha value is -0.930. The van der Waals surface area contributed by atoms with Gasteiger partial charge in [-0.25, -0.2) is 8.42 Å². The highest BCUT2D eigenvalue weighted by atomic mass is 35.5. The van der Waals surface area contributed by atoms with E-state index in [0.717, 1.165) is 25.9 Å². The van der Waals surface area contributed by atoms with Crippen LogP contribution in [0.25, 0.3) is 0 Å². The summed E-state index contributed by atoms with van der Waals surface area (Å²) in [5.74, 6) is -0.0520. The van der Waals surface area contributed by atoms with Gasteiger partial charge in [-0.3, -0.25) is 9.78 Å². The number of carbonyl (C=O) groups is 1. The Morgan fingerprint density at radius 3 is 2.50 bits per heavy atom. The summed E-state index contributed by atoms with van der Waals surface area (Å²) < 4.78 is 26.7. The fourth-order valence-corrected chi connectivity index (χ4v) is 5.09. The third kappa shape index (κ3) is 6.03. The molecule has 0 aliphatic carbocycles. The second-order valence-corrected chi connectivity index (χ2v) is 9.58. The van der Waals surface area contributed by atoms with Gasteiger partial charge in [-0.1, -0.05) is 6.92 Å². The molecule has 2 saturated heterocycles. The lowest BCUT2D eigenvalue weighted by Gasteiger charge is -2.35. The largest absolute Gasteiger partial charge is 0.355 e. The molecule has 0 saturated carbocycles. The Labute approximate surface area is 179 Å². The molecule has 2 aliphatic rings. The SMILES string of the molecule is CC1(CNC(=O)C2CCN(S(=O)(=O)c3cccnc3)CC2)CCNCC1.Cl.Cl. The van der Waals surface area contributed by atoms with Gasteiger partial charge in [-0.15, -0.1) is 24.8 Å². The average Bonchev–Trinajstić information content (AvgIpc) is 2.67. The molecular formula is C18H30Cl2N4O3S. The van der Waals surface area contributed by atoms with Gasteiger partial charge in [0.2, 0.25) is 15.9 Å². The lowest BCUT2D eigenvalue weighted by Crippen LogP contribution is -2.46. The molecule has 0 spiro atoms. The molecule has 1 aromatic rings. The number of hydrogen-bond acceptors (Lipinski definition) is 5. The van der Waals surface area contributed by atoms with Crippen molar-refractivity contribution in [1.29, 1.82) is 0 Å². The minimum Gasteiger partial charge on any atom is -0.355 e. The van der Waals surface area contributed by atoms with Gasteiger partial charge < -0.3 is 10.6 Å². The molecule has 7 nitrogen and oxygen atoms in total. The molecule has 2 fully saturated rings. The summed E-state index contributed by atoms with van der Waals surface area (Å²) in [6.45, 7) is 5.65. The zero-order valence-electron chi connectivity index (χ0n) is 16.1. The van der Waals surface area contributed by atoms with Crippen LogP contribution in [0, 0.1) is 11.3 Å². The smallest absolute Gasteiger partial charge is 0.244 e. The van der Waals surface area contributed by atoms with Crippen LogP contribution in [0.15, 0.2) is 29.4 Å². The fourth-order valence-electron chi connectivity index (χ4n) is 3.66. The predicted octanol–water partition coefficient (Wildman–Crippen LogP) is 1.83. The van der Waals surface area contributed by atoms with Crippen LogP contribution in [0.2, 0.25) is 0 Å². The van der Waals surface area contributed by atoms with E-state index in [4.69, 9.17) is 0 Å². The number of hydrogen-bond donors (Lipinski definition) is 2. The van der Waals surface area contributed by atoms with Crippen molar-refractivity contribution in [2.24, 2.45) is 11.3 Å². The number of piperidine rings is 2. The van der Waals surface area contributed by atoms with Crippen molar-refractivity contribution in [2.45, 2.75) is 37.5 Å². The standard InChI is InChI=1S/C18H28N4O3S.2ClH/c1-18(6-9-19-10-7-18)14-21-17(23)15-4-11-22(12-5-15)26(24,25)16-3-2-8-20-13-16;;/h2-3,8,13,15,19H,4-7,9-12,14H2,1H3,(H,21,23);2*1H. The summed E-state index contributed by atoms with van der Waals surface area (Å²) in [5.41, 5.74) is 0.158. The monoisotopic (exact) mass is 452 g/mol. The normalized spacial score (nSPS) is 20.5. The molecule has 0 aromatic carbocycles. The van der Waals surface area contributed by atoms with Crippen molar-refractivity contribution >= 4 is 40.7 Å². The van der Waals surface area contributed by atoms with Gasteiger partial charge in [0.1, 0.15) is 4.90 Å². The average molecular weight is 453 g/mol. The van der Waals surface area contributed by atoms with Crippen molar-refractivity contribution in [2.75, 3.05) is 32.7 Å². The first kappa shape index (κ1) is 25.1. The number of sulfonamides is 1. The van der Waals surface area contributed by atoms with E-state index in [0.29, 0.717) is 32.5 Å². The van der Waals surface area contributed by atoms with E-state index in [2.05, 4.69) is 22.5 Å². The van der Waals surface area contributed by atoms with Crippen LogP contribution in [-0.4, -0.2) is 56.3 Å². The van der Waals surface area contributed by atoms with Crippen LogP contribution in [0.5, 0.6) is 0 Å². The first-order valence-corrected chi connectivity index (χ1v) is 10.7. The molecule has 0 atom stereocenters. The first-order valence-electron chi connectivity index (χ1n) is 9.29. The Morgan fingerprint density at radius 1 is 1.29 bits per heavy atom. The maximum Gasteiger partial charge on any atom is 0.244 e. The Bertz CT molecular complexity index is 720. The van der Waals surface area contributed by atoms with Crippen LogP contribution in [-0.2, 0) is 14.8 Å². The highest BCUT2D eigenvalue weighted by Crippen LogP contribution is 2.28. The number of pyridine rings is 1. The van der Waals surface area contributed by atoms with Crippen molar-refractivity contribution < 1.29 is 13.2 Å². The second-order valence-electron chi connectivity index (χ2n) is 7.65. The zero-order chi connectivity index (χ0) is 18.6. The van der Waals surface area contributed by atoms with E-state index in [1.165, 1.54) is 10.5 Å². The van der Waals surface area contributed by atoms with Gasteiger partial charge in [0.25, 0.3) is 0 Å². The number of amides is 1. The van der Waals surface area contributed by atoms with Crippen molar-refractivity contribution in [3.8, 4) is 0 Å². The summed E-state index contributed by atoms with van der Waals surface area (Å²) in [7, 11) is -3.52. The predicted molar refractivity (Wildman–Crippen MR) is 113 cm³/mol. The molecule has 1 aromatic heterocycles. The summed E-state index contributed by atoms with van der Waals surface area (Å²) in [4.78, 5) is 16.6. The first-order chi connectivity index (χ1) is 12.4. The molecule has 0 unspecified atom stereocenters. The maximum absolute atomic E-state index is 12.6. The molecular weight excluding hydrogens is 423 g/mol. The number of carbonyl (C=O) groups excluding carboxylic acids is 1. The van der Waals surface area contributed by atoms with Crippen molar-refractivity contribution in [3.63, 3.8) is 0 Å². The lowest BCUT2D eigenvalue weighted by molar-refractivity contribution is -0.126. The Morgan fingerprint density at radius 2 is 1.93 bits per heavy atom. The molecule has 2 aliphatic heterocycles. The summed E-state index contributed by atoms with van der Waals surface area (Å²) in [5, 5.41) is 6.45. The molecule has 28 heavy (non-hydrogen) atoms. The van der Waals surface area contributed by atoms with Gasteiger partial charge >= 0.3 is 0 Å². The zero-order valence-corrected chi connectivity index (χ0v) is 18.5. The van der Waals surface area contributed by atoms with Gasteiger partial charge in [0.05, 0.1) is 0 Å². The molecule has 2 N–H and O–H groups in total. The van der Waals surface area contributed by atoms with E-state index in [1.807, 2.05) is 0 Å². The molecule has 10 heteroatoms. The van der Waals surface area contributed by atoms with Crippen LogP contribution in [0.1, 0.15) is 32.6 Å². The second kappa shape index (κ2) is 10.7. The quantitative estimate of drug-likeness (QED) is 0.710.